The summed E-state index contributed by atoms with van der Waals surface area (Å²) >= 11 is 3.09. The van der Waals surface area contributed by atoms with Gasteiger partial charge in [-0.3, -0.25) is 4.79 Å². The lowest BCUT2D eigenvalue weighted by atomic mass is 10.2. The molecule has 0 atom stereocenters. The van der Waals surface area contributed by atoms with E-state index >= 15 is 0 Å². The summed E-state index contributed by atoms with van der Waals surface area (Å²) in [5, 5.41) is 11.6. The zero-order valence-electron chi connectivity index (χ0n) is 12.3. The van der Waals surface area contributed by atoms with E-state index in [2.05, 4.69) is 10.4 Å². The van der Waals surface area contributed by atoms with Gasteiger partial charge in [-0.25, -0.2) is 0 Å². The molecule has 0 aliphatic heterocycles. The van der Waals surface area contributed by atoms with Crippen molar-refractivity contribution >= 4 is 28.6 Å². The zero-order valence-corrected chi connectivity index (χ0v) is 13.9. The monoisotopic (exact) mass is 331 g/mol. The van der Waals surface area contributed by atoms with Gasteiger partial charge < -0.3 is 5.32 Å². The lowest BCUT2D eigenvalue weighted by molar-refractivity contribution is 0.0946. The maximum absolute atomic E-state index is 12.6. The largest absolute Gasteiger partial charge is 0.320 e. The molecule has 3 heterocycles. The van der Waals surface area contributed by atoms with Crippen molar-refractivity contribution in [2.24, 2.45) is 0 Å². The number of rotatable bonds is 6. The minimum absolute atomic E-state index is 0.0442. The number of carbonyl (C=O) groups is 1. The van der Waals surface area contributed by atoms with Crippen LogP contribution in [0.4, 0.5) is 0 Å². The lowest BCUT2D eigenvalue weighted by Crippen LogP contribution is -2.17. The summed E-state index contributed by atoms with van der Waals surface area (Å²) < 4.78 is 1.57. The summed E-state index contributed by atoms with van der Waals surface area (Å²) in [6, 6.07) is 9.80. The molecule has 0 amide bonds. The molecule has 4 nitrogen and oxygen atoms in total. The lowest BCUT2D eigenvalue weighted by Gasteiger charge is -2.04. The van der Waals surface area contributed by atoms with Crippen molar-refractivity contribution < 1.29 is 4.79 Å². The summed E-state index contributed by atoms with van der Waals surface area (Å²) in [6.07, 6.45) is 1.81. The highest BCUT2D eigenvalue weighted by Crippen LogP contribution is 2.25. The Bertz CT molecular complexity index is 730. The third kappa shape index (κ3) is 3.19. The van der Waals surface area contributed by atoms with Crippen LogP contribution in [0.2, 0.25) is 0 Å². The second-order valence-corrected chi connectivity index (χ2v) is 6.79. The molecular weight excluding hydrogens is 314 g/mol. The Morgan fingerprint density at radius 3 is 2.77 bits per heavy atom. The van der Waals surface area contributed by atoms with Gasteiger partial charge in [-0.15, -0.1) is 22.7 Å². The van der Waals surface area contributed by atoms with E-state index < -0.39 is 0 Å². The number of carbonyl (C=O) groups excluding carboxylic acids is 1. The first kappa shape index (κ1) is 15.1. The van der Waals surface area contributed by atoms with Gasteiger partial charge in [0.15, 0.2) is 0 Å². The molecule has 0 radical (unpaired) electrons. The molecule has 0 spiro atoms. The average Bonchev–Trinajstić information content (AvgIpc) is 3.27. The van der Waals surface area contributed by atoms with Crippen LogP contribution in [0.25, 0.3) is 10.6 Å². The van der Waals surface area contributed by atoms with Gasteiger partial charge in [-0.2, -0.15) is 9.78 Å². The molecule has 0 bridgehead atoms. The normalized spacial score (nSPS) is 11.0. The van der Waals surface area contributed by atoms with Gasteiger partial charge >= 0.3 is 0 Å². The second-order valence-electron chi connectivity index (χ2n) is 4.90. The van der Waals surface area contributed by atoms with Gasteiger partial charge in [0.2, 0.25) is 0 Å². The molecule has 3 aromatic rings. The highest BCUT2D eigenvalue weighted by molar-refractivity contribution is 7.13. The van der Waals surface area contributed by atoms with E-state index in [1.54, 1.807) is 16.0 Å². The van der Waals surface area contributed by atoms with Crippen molar-refractivity contribution in [3.8, 4) is 10.6 Å². The van der Waals surface area contributed by atoms with Gasteiger partial charge in [0.25, 0.3) is 5.91 Å². The fraction of sp³-hybridized carbons (Fsp3) is 0.250. The van der Waals surface area contributed by atoms with E-state index in [9.17, 15) is 4.79 Å². The van der Waals surface area contributed by atoms with Gasteiger partial charge in [0, 0.05) is 5.69 Å². The molecule has 114 valence electrons. The van der Waals surface area contributed by atoms with Crippen LogP contribution in [0.15, 0.2) is 41.1 Å². The molecule has 0 fully saturated rings. The van der Waals surface area contributed by atoms with E-state index in [0.29, 0.717) is 0 Å². The number of aryl methyl sites for hydroxylation is 1. The van der Waals surface area contributed by atoms with Crippen molar-refractivity contribution in [2.45, 2.75) is 12.8 Å². The van der Waals surface area contributed by atoms with Crippen molar-refractivity contribution in [1.29, 1.82) is 0 Å². The Kier molecular flexibility index (Phi) is 4.82. The molecule has 6 heteroatoms. The summed E-state index contributed by atoms with van der Waals surface area (Å²) in [7, 11) is 1.94. The quantitative estimate of drug-likeness (QED) is 0.703. The summed E-state index contributed by atoms with van der Waals surface area (Å²) in [6.45, 7) is 0.923. The molecule has 22 heavy (non-hydrogen) atoms. The number of aromatic nitrogens is 2. The Morgan fingerprint density at radius 1 is 1.27 bits per heavy atom. The molecule has 3 aromatic heterocycles. The summed E-state index contributed by atoms with van der Waals surface area (Å²) in [5.74, 6) is -0.0442. The minimum Gasteiger partial charge on any atom is -0.320 e. The third-order valence-corrected chi connectivity index (χ3v) is 5.09. The fourth-order valence-electron chi connectivity index (χ4n) is 2.27. The fourth-order valence-corrected chi connectivity index (χ4v) is 3.60. The maximum atomic E-state index is 12.6. The molecule has 0 aliphatic carbocycles. The van der Waals surface area contributed by atoms with Gasteiger partial charge in [0.05, 0.1) is 9.75 Å². The molecule has 3 rings (SSSR count). The molecule has 0 unspecified atom stereocenters. The van der Waals surface area contributed by atoms with Crippen LogP contribution in [-0.4, -0.2) is 29.3 Å². The van der Waals surface area contributed by atoms with Gasteiger partial charge in [0.1, 0.15) is 5.69 Å². The van der Waals surface area contributed by atoms with Crippen molar-refractivity contribution in [2.75, 3.05) is 13.6 Å². The standard InChI is InChI=1S/C16H17N3OS2/c1-17-8-2-5-12-11-13(14-6-3-9-21-14)18-19(12)16(20)15-7-4-10-22-15/h3-4,6-7,9-11,17H,2,5,8H2,1H3. The Balaban J connectivity index is 1.93. The predicted octanol–water partition coefficient (Wildman–Crippen LogP) is 3.51. The topological polar surface area (TPSA) is 46.9 Å². The first-order valence-electron chi connectivity index (χ1n) is 7.15. The Morgan fingerprint density at radius 2 is 2.09 bits per heavy atom. The van der Waals surface area contributed by atoms with Gasteiger partial charge in [-0.05, 0) is 55.4 Å². The highest BCUT2D eigenvalue weighted by atomic mass is 32.1. The second kappa shape index (κ2) is 7.00. The predicted molar refractivity (Wildman–Crippen MR) is 91.8 cm³/mol. The average molecular weight is 331 g/mol. The van der Waals surface area contributed by atoms with Crippen LogP contribution < -0.4 is 5.32 Å². The molecule has 1 N–H and O–H groups in total. The van der Waals surface area contributed by atoms with Crippen LogP contribution in [0.1, 0.15) is 21.8 Å². The number of nitrogens with one attached hydrogen (secondary N) is 1. The molecular formula is C16H17N3OS2. The zero-order chi connectivity index (χ0) is 15.4. The van der Waals surface area contributed by atoms with Crippen LogP contribution >= 0.6 is 22.7 Å². The number of hydrogen-bond acceptors (Lipinski definition) is 5. The van der Waals surface area contributed by atoms with Crippen LogP contribution in [0.3, 0.4) is 0 Å². The maximum Gasteiger partial charge on any atom is 0.288 e. The molecule has 0 saturated heterocycles. The van der Waals surface area contributed by atoms with Crippen LogP contribution in [0, 0.1) is 0 Å². The van der Waals surface area contributed by atoms with Crippen molar-refractivity contribution in [1.82, 2.24) is 15.1 Å². The highest BCUT2D eigenvalue weighted by Gasteiger charge is 2.17. The first-order chi connectivity index (χ1) is 10.8. The Hall–Kier alpha value is -1.76. The Labute approximate surface area is 137 Å². The van der Waals surface area contributed by atoms with E-state index in [1.165, 1.54) is 11.3 Å². The summed E-state index contributed by atoms with van der Waals surface area (Å²) in [4.78, 5) is 14.5. The molecule has 0 aliphatic rings. The number of nitrogens with zero attached hydrogens (tertiary/aromatic N) is 2. The molecule has 0 aromatic carbocycles. The van der Waals surface area contributed by atoms with E-state index in [-0.39, 0.29) is 5.91 Å². The van der Waals surface area contributed by atoms with E-state index in [1.807, 2.05) is 48.1 Å². The SMILES string of the molecule is CNCCCc1cc(-c2cccs2)nn1C(=O)c1cccs1. The molecule has 0 saturated carbocycles. The first-order valence-corrected chi connectivity index (χ1v) is 8.91. The van der Waals surface area contributed by atoms with Crippen LogP contribution in [-0.2, 0) is 6.42 Å². The summed E-state index contributed by atoms with van der Waals surface area (Å²) in [5.41, 5.74) is 1.84. The third-order valence-electron chi connectivity index (χ3n) is 3.34. The van der Waals surface area contributed by atoms with Gasteiger partial charge in [-0.1, -0.05) is 12.1 Å². The smallest absolute Gasteiger partial charge is 0.288 e. The van der Waals surface area contributed by atoms with Crippen LogP contribution in [0.5, 0.6) is 0 Å². The van der Waals surface area contributed by atoms with Crippen molar-refractivity contribution in [3.63, 3.8) is 0 Å². The minimum atomic E-state index is -0.0442. The van der Waals surface area contributed by atoms with Crippen molar-refractivity contribution in [3.05, 3.63) is 51.7 Å². The van der Waals surface area contributed by atoms with E-state index in [4.69, 9.17) is 0 Å². The van der Waals surface area contributed by atoms with E-state index in [0.717, 1.165) is 40.5 Å². The number of hydrogen-bond donors (Lipinski definition) is 1. The number of thiophene rings is 2.